The van der Waals surface area contributed by atoms with Gasteiger partial charge < -0.3 is 11.1 Å². The van der Waals surface area contributed by atoms with Crippen molar-refractivity contribution in [2.45, 2.75) is 0 Å². The van der Waals surface area contributed by atoms with Gasteiger partial charge in [0.05, 0.1) is 0 Å². The van der Waals surface area contributed by atoms with Gasteiger partial charge in [0.25, 0.3) is 0 Å². The molecule has 0 heterocycles. The smallest absolute Gasteiger partial charge is 0.0140 e. The molecule has 2 nitrogen and oxygen atoms in total. The summed E-state index contributed by atoms with van der Waals surface area (Å²) in [6.07, 6.45) is 0. The van der Waals surface area contributed by atoms with Gasteiger partial charge in [0.1, 0.15) is 0 Å². The molecule has 0 amide bonds. The van der Waals surface area contributed by atoms with Crippen LogP contribution in [0.5, 0.6) is 0 Å². The molecule has 0 aromatic heterocycles. The van der Waals surface area contributed by atoms with Gasteiger partial charge in [-0.25, -0.2) is 0 Å². The van der Waals surface area contributed by atoms with E-state index in [4.69, 9.17) is 0 Å². The molecule has 0 saturated carbocycles. The van der Waals surface area contributed by atoms with E-state index in [0.29, 0.717) is 0 Å². The van der Waals surface area contributed by atoms with Gasteiger partial charge >= 0.3 is 0 Å². The monoisotopic (exact) mass is 110 g/mol. The zero-order valence-corrected chi connectivity index (χ0v) is 5.65. The Hall–Kier alpha value is 0.270. The molecule has 0 saturated heterocycles. The maximum Gasteiger partial charge on any atom is -0.0140 e. The van der Waals surface area contributed by atoms with Crippen LogP contribution < -0.4 is 6.15 Å². The molecule has 0 radical (unpaired) electrons. The molecule has 0 rings (SSSR count). The molecule has 42 valence electrons. The van der Waals surface area contributed by atoms with Gasteiger partial charge in [-0.05, 0) is 21.1 Å². The molecule has 0 unspecified atom stereocenters. The normalized spacial score (nSPS) is 6.00. The predicted octanol–water partition coefficient (Wildman–Crippen LogP) is 0.453. The summed E-state index contributed by atoms with van der Waals surface area (Å²) in [6.45, 7) is 0. The number of rotatable bonds is 0. The van der Waals surface area contributed by atoms with Crippen LogP contribution in [0.15, 0.2) is 0 Å². The van der Waals surface area contributed by atoms with E-state index in [9.17, 15) is 0 Å². The van der Waals surface area contributed by atoms with Crippen LogP contribution in [0.2, 0.25) is 0 Å². The molecule has 0 aliphatic carbocycles. The van der Waals surface area contributed by atoms with Crippen LogP contribution in [-0.2, 0) is 0 Å². The van der Waals surface area contributed by atoms with Crippen molar-refractivity contribution in [3.63, 3.8) is 0 Å². The molecule has 6 heavy (non-hydrogen) atoms. The lowest BCUT2D eigenvalue weighted by molar-refractivity contribution is 0.505. The Bertz CT molecular complexity index is 13.5. The fourth-order valence-corrected chi connectivity index (χ4v) is 0. The highest BCUT2D eigenvalue weighted by Crippen LogP contribution is 1.47. The van der Waals surface area contributed by atoms with E-state index in [-0.39, 0.29) is 19.6 Å². The maximum atomic E-state index is 2.00. The summed E-state index contributed by atoms with van der Waals surface area (Å²) in [4.78, 5) is 2.00. The zero-order chi connectivity index (χ0) is 3.58. The first-order valence-corrected chi connectivity index (χ1v) is 1.34. The van der Waals surface area contributed by atoms with Crippen LogP contribution in [0.3, 0.4) is 0 Å². The lowest BCUT2D eigenvalue weighted by Gasteiger charge is -1.90. The maximum absolute atomic E-state index is 2.00. The van der Waals surface area contributed by atoms with Crippen molar-refractivity contribution in [3.05, 3.63) is 0 Å². The second-order valence-electron chi connectivity index (χ2n) is 1.34. The highest BCUT2D eigenvalue weighted by molar-refractivity contribution is 7.59. The Balaban J connectivity index is -0.0000000450. The summed E-state index contributed by atoms with van der Waals surface area (Å²) < 4.78 is 0. The first-order valence-electron chi connectivity index (χ1n) is 1.34. The van der Waals surface area contributed by atoms with Crippen LogP contribution in [0.1, 0.15) is 0 Å². The summed E-state index contributed by atoms with van der Waals surface area (Å²) in [5, 5.41) is 0. The van der Waals surface area contributed by atoms with Crippen LogP contribution in [0.25, 0.3) is 0 Å². The third-order valence-corrected chi connectivity index (χ3v) is 0. The minimum absolute atomic E-state index is 0. The summed E-state index contributed by atoms with van der Waals surface area (Å²) in [5.74, 6) is 0. The lowest BCUT2D eigenvalue weighted by atomic mass is 11.0. The molecule has 0 aliphatic rings. The third-order valence-electron chi connectivity index (χ3n) is 0. The SMILES string of the molecule is CN(C)C.N.S. The van der Waals surface area contributed by atoms with Crippen molar-refractivity contribution in [1.82, 2.24) is 11.1 Å². The third kappa shape index (κ3) is 626. The Morgan fingerprint density at radius 1 is 1.00 bits per heavy atom. The van der Waals surface area contributed by atoms with Crippen molar-refractivity contribution in [3.8, 4) is 0 Å². The second-order valence-corrected chi connectivity index (χ2v) is 1.34. The van der Waals surface area contributed by atoms with Crippen LogP contribution >= 0.6 is 13.5 Å². The van der Waals surface area contributed by atoms with Crippen molar-refractivity contribution in [1.29, 1.82) is 0 Å². The molecule has 0 fully saturated rings. The van der Waals surface area contributed by atoms with E-state index in [1.807, 2.05) is 26.0 Å². The topological polar surface area (TPSA) is 38.2 Å². The molecule has 0 aliphatic heterocycles. The molecule has 0 atom stereocenters. The molecule has 3 heteroatoms. The molecular formula is C3H14N2S. The molecule has 0 spiro atoms. The number of nitrogens with zero attached hydrogens (tertiary/aromatic N) is 1. The van der Waals surface area contributed by atoms with Crippen molar-refractivity contribution in [2.75, 3.05) is 21.1 Å². The van der Waals surface area contributed by atoms with Crippen LogP contribution in [0.4, 0.5) is 0 Å². The predicted molar refractivity (Wildman–Crippen MR) is 35.0 cm³/mol. The quantitative estimate of drug-likeness (QED) is 0.492. The second kappa shape index (κ2) is 8.99. The molecule has 3 N–H and O–H groups in total. The van der Waals surface area contributed by atoms with Crippen molar-refractivity contribution >= 4 is 13.5 Å². The molecular weight excluding hydrogens is 96.1 g/mol. The van der Waals surface area contributed by atoms with Gasteiger partial charge in [-0.15, -0.1) is 0 Å². The highest BCUT2D eigenvalue weighted by Gasteiger charge is 1.58. The van der Waals surface area contributed by atoms with Gasteiger partial charge in [0, 0.05) is 0 Å². The summed E-state index contributed by atoms with van der Waals surface area (Å²) in [5.41, 5.74) is 0. The van der Waals surface area contributed by atoms with E-state index in [1.165, 1.54) is 0 Å². The Labute approximate surface area is 46.6 Å². The molecule has 0 aromatic carbocycles. The average molecular weight is 110 g/mol. The standard InChI is InChI=1S/C3H9N.H3N.H2S/c1-4(2)3;;/h1-3H3;1H3;1H2. The van der Waals surface area contributed by atoms with Gasteiger partial charge in [0.2, 0.25) is 0 Å². The first kappa shape index (κ1) is 16.3. The summed E-state index contributed by atoms with van der Waals surface area (Å²) in [7, 11) is 6.00. The highest BCUT2D eigenvalue weighted by atomic mass is 32.1. The van der Waals surface area contributed by atoms with E-state index < -0.39 is 0 Å². The average Bonchev–Trinajstić information content (AvgIpc) is 0.811. The van der Waals surface area contributed by atoms with Crippen molar-refractivity contribution in [2.24, 2.45) is 0 Å². The van der Waals surface area contributed by atoms with E-state index in [1.54, 1.807) is 0 Å². The largest absolute Gasteiger partial charge is 0.344 e. The van der Waals surface area contributed by atoms with Crippen LogP contribution in [0, 0.1) is 0 Å². The summed E-state index contributed by atoms with van der Waals surface area (Å²) >= 11 is 0. The Morgan fingerprint density at radius 2 is 1.00 bits per heavy atom. The van der Waals surface area contributed by atoms with Crippen molar-refractivity contribution < 1.29 is 0 Å². The van der Waals surface area contributed by atoms with E-state index >= 15 is 0 Å². The Kier molecular flexibility index (Phi) is 24.4. The van der Waals surface area contributed by atoms with Gasteiger partial charge in [-0.1, -0.05) is 0 Å². The number of hydrogen-bond donors (Lipinski definition) is 1. The lowest BCUT2D eigenvalue weighted by Crippen LogP contribution is -1.99. The van der Waals surface area contributed by atoms with E-state index in [2.05, 4.69) is 0 Å². The fraction of sp³-hybridized carbons (Fsp3) is 1.00. The fourth-order valence-electron chi connectivity index (χ4n) is 0. The first-order chi connectivity index (χ1) is 1.73. The zero-order valence-electron chi connectivity index (χ0n) is 4.65. The van der Waals surface area contributed by atoms with Gasteiger partial charge in [-0.2, -0.15) is 13.5 Å². The van der Waals surface area contributed by atoms with Gasteiger partial charge in [0.15, 0.2) is 0 Å². The number of hydrogen-bond acceptors (Lipinski definition) is 2. The van der Waals surface area contributed by atoms with Crippen LogP contribution in [-0.4, -0.2) is 26.0 Å². The molecule has 0 bridgehead atoms. The van der Waals surface area contributed by atoms with E-state index in [0.717, 1.165) is 0 Å². The minimum Gasteiger partial charge on any atom is -0.344 e. The summed E-state index contributed by atoms with van der Waals surface area (Å²) in [6, 6.07) is 0. The minimum atomic E-state index is 0. The molecule has 0 aromatic rings. The Morgan fingerprint density at radius 3 is 1.00 bits per heavy atom. The van der Waals surface area contributed by atoms with Gasteiger partial charge in [-0.3, -0.25) is 0 Å².